The van der Waals surface area contributed by atoms with Gasteiger partial charge < -0.3 is 5.32 Å². The van der Waals surface area contributed by atoms with E-state index in [1.807, 2.05) is 0 Å². The van der Waals surface area contributed by atoms with E-state index in [1.165, 1.54) is 0 Å². The maximum Gasteiger partial charge on any atom is 0.100 e. The van der Waals surface area contributed by atoms with Gasteiger partial charge in [-0.25, -0.2) is 4.39 Å². The zero-order valence-corrected chi connectivity index (χ0v) is 7.43. The van der Waals surface area contributed by atoms with Gasteiger partial charge in [-0.15, -0.1) is 0 Å². The predicted molar refractivity (Wildman–Crippen MR) is 46.7 cm³/mol. The number of halogens is 1. The maximum atomic E-state index is 12.8. The lowest BCUT2D eigenvalue weighted by Gasteiger charge is -2.31. The van der Waals surface area contributed by atoms with Crippen LogP contribution in [-0.2, 0) is 0 Å². The Bertz CT molecular complexity index is 137. The monoisotopic (exact) mass is 172 g/mol. The fourth-order valence-corrected chi connectivity index (χ4v) is 2.24. The van der Waals surface area contributed by atoms with Crippen LogP contribution in [0.25, 0.3) is 0 Å². The summed E-state index contributed by atoms with van der Waals surface area (Å²) in [4.78, 5) is 2.45. The van der Waals surface area contributed by atoms with Crippen LogP contribution in [0.15, 0.2) is 0 Å². The van der Waals surface area contributed by atoms with Crippen LogP contribution in [0.5, 0.6) is 0 Å². The van der Waals surface area contributed by atoms with Gasteiger partial charge in [0.15, 0.2) is 0 Å². The summed E-state index contributed by atoms with van der Waals surface area (Å²) < 4.78 is 12.8. The van der Waals surface area contributed by atoms with E-state index in [0.717, 1.165) is 45.4 Å². The van der Waals surface area contributed by atoms with E-state index in [4.69, 9.17) is 0 Å². The quantitative estimate of drug-likeness (QED) is 0.638. The van der Waals surface area contributed by atoms with E-state index >= 15 is 0 Å². The molecule has 1 aliphatic heterocycles. The maximum absolute atomic E-state index is 12.8. The number of alkyl halides is 1. The van der Waals surface area contributed by atoms with Crippen molar-refractivity contribution in [3.63, 3.8) is 0 Å². The van der Waals surface area contributed by atoms with Crippen LogP contribution in [0, 0.1) is 0 Å². The molecule has 0 unspecified atom stereocenters. The summed E-state index contributed by atoms with van der Waals surface area (Å²) in [5, 5.41) is 3.31. The molecule has 70 valence electrons. The normalized spacial score (nSPS) is 38.8. The molecule has 0 radical (unpaired) electrons. The largest absolute Gasteiger partial charge is 0.303 e. The van der Waals surface area contributed by atoms with Crippen molar-refractivity contribution >= 4 is 0 Å². The van der Waals surface area contributed by atoms with Crippen LogP contribution in [0.3, 0.4) is 0 Å². The Hall–Kier alpha value is -0.150. The van der Waals surface area contributed by atoms with Gasteiger partial charge in [-0.3, -0.25) is 4.90 Å². The standard InChI is InChI=1S/C9H17FN2/c10-8-1-3-9(4-2-8)12-6-5-11-7-12/h8-9,11H,1-7H2. The Morgan fingerprint density at radius 3 is 2.50 bits per heavy atom. The Labute approximate surface area is 73.1 Å². The number of rotatable bonds is 1. The first-order chi connectivity index (χ1) is 5.86. The number of hydrogen-bond acceptors (Lipinski definition) is 2. The molecule has 2 nitrogen and oxygen atoms in total. The Kier molecular flexibility index (Phi) is 2.61. The van der Waals surface area contributed by atoms with Gasteiger partial charge in [-0.05, 0) is 25.7 Å². The molecule has 0 atom stereocenters. The van der Waals surface area contributed by atoms with E-state index in [-0.39, 0.29) is 0 Å². The van der Waals surface area contributed by atoms with Gasteiger partial charge in [0.1, 0.15) is 6.17 Å². The molecule has 0 amide bonds. The van der Waals surface area contributed by atoms with Crippen molar-refractivity contribution in [3.8, 4) is 0 Å². The second-order valence-corrected chi connectivity index (χ2v) is 3.88. The first-order valence-electron chi connectivity index (χ1n) is 4.95. The summed E-state index contributed by atoms with van der Waals surface area (Å²) in [6.45, 7) is 3.28. The molecule has 1 N–H and O–H groups in total. The highest BCUT2D eigenvalue weighted by Crippen LogP contribution is 2.25. The molecule has 12 heavy (non-hydrogen) atoms. The summed E-state index contributed by atoms with van der Waals surface area (Å²) in [7, 11) is 0. The molecule has 0 bridgehead atoms. The number of nitrogens with one attached hydrogen (secondary N) is 1. The van der Waals surface area contributed by atoms with Crippen LogP contribution in [-0.4, -0.2) is 36.9 Å². The van der Waals surface area contributed by atoms with Crippen molar-refractivity contribution in [2.75, 3.05) is 19.8 Å². The lowest BCUT2D eigenvalue weighted by molar-refractivity contribution is 0.140. The molecule has 3 heteroatoms. The fourth-order valence-electron chi connectivity index (χ4n) is 2.24. The molecular formula is C9H17FN2. The molecule has 0 aromatic heterocycles. The number of hydrogen-bond donors (Lipinski definition) is 1. The van der Waals surface area contributed by atoms with Crippen molar-refractivity contribution < 1.29 is 4.39 Å². The first kappa shape index (κ1) is 8.45. The van der Waals surface area contributed by atoms with E-state index in [9.17, 15) is 4.39 Å². The minimum absolute atomic E-state index is 0.517. The molecule has 2 rings (SSSR count). The Morgan fingerprint density at radius 1 is 1.17 bits per heavy atom. The van der Waals surface area contributed by atoms with E-state index in [1.54, 1.807) is 0 Å². The first-order valence-corrected chi connectivity index (χ1v) is 4.95. The average molecular weight is 172 g/mol. The molecule has 1 saturated heterocycles. The molecule has 1 aliphatic carbocycles. The third kappa shape index (κ3) is 1.77. The van der Waals surface area contributed by atoms with Crippen LogP contribution in [0.1, 0.15) is 25.7 Å². The van der Waals surface area contributed by atoms with Gasteiger partial charge in [-0.1, -0.05) is 0 Å². The highest BCUT2D eigenvalue weighted by Gasteiger charge is 2.26. The summed E-state index contributed by atoms with van der Waals surface area (Å²) >= 11 is 0. The molecule has 0 aromatic carbocycles. The minimum atomic E-state index is -0.517. The number of nitrogens with zero attached hydrogens (tertiary/aromatic N) is 1. The third-order valence-corrected chi connectivity index (χ3v) is 3.03. The van der Waals surface area contributed by atoms with Crippen LogP contribution in [0.4, 0.5) is 4.39 Å². The van der Waals surface area contributed by atoms with Gasteiger partial charge in [-0.2, -0.15) is 0 Å². The van der Waals surface area contributed by atoms with Crippen molar-refractivity contribution in [3.05, 3.63) is 0 Å². The Balaban J connectivity index is 1.80. The summed E-state index contributed by atoms with van der Waals surface area (Å²) in [5.74, 6) is 0. The highest BCUT2D eigenvalue weighted by atomic mass is 19.1. The zero-order valence-electron chi connectivity index (χ0n) is 7.43. The van der Waals surface area contributed by atoms with E-state index < -0.39 is 6.17 Å². The lowest BCUT2D eigenvalue weighted by Crippen LogP contribution is -2.37. The van der Waals surface area contributed by atoms with Gasteiger partial charge in [0.25, 0.3) is 0 Å². The third-order valence-electron chi connectivity index (χ3n) is 3.03. The molecule has 2 aliphatic rings. The van der Waals surface area contributed by atoms with Crippen molar-refractivity contribution in [1.82, 2.24) is 10.2 Å². The molecule has 2 fully saturated rings. The van der Waals surface area contributed by atoms with Gasteiger partial charge >= 0.3 is 0 Å². The summed E-state index contributed by atoms with van der Waals surface area (Å²) in [6, 6.07) is 0.659. The van der Waals surface area contributed by atoms with Gasteiger partial charge in [0.2, 0.25) is 0 Å². The molecule has 1 heterocycles. The van der Waals surface area contributed by atoms with Crippen LogP contribution in [0.2, 0.25) is 0 Å². The Morgan fingerprint density at radius 2 is 1.92 bits per heavy atom. The summed E-state index contributed by atoms with van der Waals surface area (Å²) in [6.07, 6.45) is 3.16. The van der Waals surface area contributed by atoms with Crippen molar-refractivity contribution in [1.29, 1.82) is 0 Å². The summed E-state index contributed by atoms with van der Waals surface area (Å²) in [5.41, 5.74) is 0. The average Bonchev–Trinajstić information content (AvgIpc) is 2.58. The second-order valence-electron chi connectivity index (χ2n) is 3.88. The molecule has 0 aromatic rings. The second kappa shape index (κ2) is 3.71. The van der Waals surface area contributed by atoms with E-state index in [0.29, 0.717) is 6.04 Å². The van der Waals surface area contributed by atoms with Gasteiger partial charge in [0, 0.05) is 25.8 Å². The molecular weight excluding hydrogens is 155 g/mol. The predicted octanol–water partition coefficient (Wildman–Crippen LogP) is 1.13. The SMILES string of the molecule is FC1CCC(N2CCNC2)CC1. The van der Waals surface area contributed by atoms with Crippen LogP contribution >= 0.6 is 0 Å². The fraction of sp³-hybridized carbons (Fsp3) is 1.00. The van der Waals surface area contributed by atoms with Crippen molar-refractivity contribution in [2.45, 2.75) is 37.9 Å². The zero-order chi connectivity index (χ0) is 8.39. The van der Waals surface area contributed by atoms with E-state index in [2.05, 4.69) is 10.2 Å². The highest BCUT2D eigenvalue weighted by molar-refractivity contribution is 4.81. The minimum Gasteiger partial charge on any atom is -0.303 e. The lowest BCUT2D eigenvalue weighted by atomic mass is 9.93. The topological polar surface area (TPSA) is 15.3 Å². The molecule has 1 saturated carbocycles. The van der Waals surface area contributed by atoms with Gasteiger partial charge in [0.05, 0.1) is 0 Å². The smallest absolute Gasteiger partial charge is 0.100 e. The van der Waals surface area contributed by atoms with Crippen LogP contribution < -0.4 is 5.32 Å². The van der Waals surface area contributed by atoms with Crippen molar-refractivity contribution in [2.24, 2.45) is 0 Å². The molecule has 0 spiro atoms.